The van der Waals surface area contributed by atoms with E-state index in [4.69, 9.17) is 4.74 Å². The summed E-state index contributed by atoms with van der Waals surface area (Å²) in [6.45, 7) is 1.77. The summed E-state index contributed by atoms with van der Waals surface area (Å²) in [5.74, 6) is 0.162. The van der Waals surface area contributed by atoms with Crippen LogP contribution in [0.5, 0.6) is 5.75 Å². The minimum absolute atomic E-state index is 0.0749. The molecule has 0 aliphatic rings. The van der Waals surface area contributed by atoms with Gasteiger partial charge in [-0.25, -0.2) is 8.42 Å². The second-order valence-electron chi connectivity index (χ2n) is 6.99. The fourth-order valence-electron chi connectivity index (χ4n) is 3.07. The number of amides is 1. The zero-order chi connectivity index (χ0) is 22.4. The lowest BCUT2D eigenvalue weighted by Crippen LogP contribution is -2.45. The smallest absolute Gasteiger partial charge is 0.242 e. The number of methoxy groups -OCH3 is 1. The van der Waals surface area contributed by atoms with Crippen molar-refractivity contribution in [1.29, 1.82) is 0 Å². The standard InChI is InChI=1S/C23H23IN2O4S/c1-16-14-20(12-13-22(16)30-2)31(28,29)26-21(15-17-6-4-3-5-7-17)23(27)25-19-10-8-18(24)9-11-19/h3-14,21,26H,15H2,1-2H3,(H,25,27). The zero-order valence-electron chi connectivity index (χ0n) is 17.1. The summed E-state index contributed by atoms with van der Waals surface area (Å²) in [5, 5.41) is 2.80. The maximum absolute atomic E-state index is 13.1. The number of aryl methyl sites for hydroxylation is 1. The van der Waals surface area contributed by atoms with E-state index in [9.17, 15) is 13.2 Å². The second-order valence-corrected chi connectivity index (χ2v) is 9.95. The molecule has 0 saturated carbocycles. The number of anilines is 1. The number of carbonyl (C=O) groups is 1. The summed E-state index contributed by atoms with van der Waals surface area (Å²) >= 11 is 2.18. The van der Waals surface area contributed by atoms with E-state index in [1.165, 1.54) is 19.2 Å². The zero-order valence-corrected chi connectivity index (χ0v) is 20.1. The van der Waals surface area contributed by atoms with Crippen molar-refractivity contribution in [3.05, 3.63) is 87.5 Å². The lowest BCUT2D eigenvalue weighted by Gasteiger charge is -2.19. The highest BCUT2D eigenvalue weighted by atomic mass is 127. The molecule has 162 valence electrons. The number of sulfonamides is 1. The molecule has 0 fully saturated rings. The van der Waals surface area contributed by atoms with Crippen molar-refractivity contribution in [3.63, 3.8) is 0 Å². The lowest BCUT2D eigenvalue weighted by molar-refractivity contribution is -0.117. The lowest BCUT2D eigenvalue weighted by atomic mass is 10.1. The van der Waals surface area contributed by atoms with Crippen LogP contribution in [-0.4, -0.2) is 27.5 Å². The third kappa shape index (κ3) is 6.28. The number of benzene rings is 3. The van der Waals surface area contributed by atoms with Gasteiger partial charge >= 0.3 is 0 Å². The van der Waals surface area contributed by atoms with Gasteiger partial charge in [0.1, 0.15) is 11.8 Å². The minimum Gasteiger partial charge on any atom is -0.496 e. The second kappa shape index (κ2) is 10.3. The van der Waals surface area contributed by atoms with Gasteiger partial charge in [0.15, 0.2) is 0 Å². The van der Waals surface area contributed by atoms with Crippen LogP contribution in [0.1, 0.15) is 11.1 Å². The van der Waals surface area contributed by atoms with Crippen molar-refractivity contribution in [2.24, 2.45) is 0 Å². The van der Waals surface area contributed by atoms with Crippen LogP contribution in [0.2, 0.25) is 0 Å². The van der Waals surface area contributed by atoms with Crippen LogP contribution in [0, 0.1) is 10.5 Å². The van der Waals surface area contributed by atoms with E-state index < -0.39 is 22.0 Å². The summed E-state index contributed by atoms with van der Waals surface area (Å²) in [7, 11) is -2.41. The highest BCUT2D eigenvalue weighted by Crippen LogP contribution is 2.22. The fourth-order valence-corrected chi connectivity index (χ4v) is 4.71. The molecule has 0 radical (unpaired) electrons. The van der Waals surface area contributed by atoms with E-state index in [0.717, 1.165) is 9.13 Å². The van der Waals surface area contributed by atoms with E-state index in [1.54, 1.807) is 25.1 Å². The number of rotatable bonds is 8. The van der Waals surface area contributed by atoms with Crippen LogP contribution < -0.4 is 14.8 Å². The molecule has 0 heterocycles. The van der Waals surface area contributed by atoms with E-state index in [0.29, 0.717) is 17.0 Å². The third-order valence-corrected chi connectivity index (χ3v) is 6.87. The summed E-state index contributed by atoms with van der Waals surface area (Å²) in [4.78, 5) is 13.1. The van der Waals surface area contributed by atoms with Gasteiger partial charge in [-0.05, 0) is 89.5 Å². The van der Waals surface area contributed by atoms with Crippen molar-refractivity contribution >= 4 is 44.2 Å². The first-order valence-corrected chi connectivity index (χ1v) is 12.1. The molecule has 0 saturated heterocycles. The van der Waals surface area contributed by atoms with Crippen molar-refractivity contribution in [3.8, 4) is 5.75 Å². The predicted molar refractivity (Wildman–Crippen MR) is 130 cm³/mol. The van der Waals surface area contributed by atoms with Gasteiger partial charge in [-0.3, -0.25) is 4.79 Å². The van der Waals surface area contributed by atoms with Gasteiger partial charge < -0.3 is 10.1 Å². The van der Waals surface area contributed by atoms with Crippen LogP contribution in [0.3, 0.4) is 0 Å². The predicted octanol–water partition coefficient (Wildman–Crippen LogP) is 4.14. The van der Waals surface area contributed by atoms with Crippen LogP contribution >= 0.6 is 22.6 Å². The number of hydrogen-bond acceptors (Lipinski definition) is 4. The molecule has 0 aliphatic carbocycles. The summed E-state index contributed by atoms with van der Waals surface area (Å²) in [5.41, 5.74) is 2.13. The van der Waals surface area contributed by atoms with Gasteiger partial charge in [0, 0.05) is 9.26 Å². The van der Waals surface area contributed by atoms with Crippen molar-refractivity contribution in [1.82, 2.24) is 4.72 Å². The van der Waals surface area contributed by atoms with Crippen LogP contribution in [0.25, 0.3) is 0 Å². The van der Waals surface area contributed by atoms with E-state index in [-0.39, 0.29) is 11.3 Å². The number of halogens is 1. The normalized spacial score (nSPS) is 12.2. The molecule has 31 heavy (non-hydrogen) atoms. The first kappa shape index (κ1) is 23.2. The number of hydrogen-bond donors (Lipinski definition) is 2. The molecule has 6 nitrogen and oxygen atoms in total. The number of carbonyl (C=O) groups excluding carboxylic acids is 1. The molecule has 1 unspecified atom stereocenters. The van der Waals surface area contributed by atoms with Gasteiger partial charge in [-0.2, -0.15) is 4.72 Å². The maximum Gasteiger partial charge on any atom is 0.242 e. The molecule has 3 aromatic carbocycles. The van der Waals surface area contributed by atoms with Gasteiger partial charge in [0.2, 0.25) is 15.9 Å². The highest BCUT2D eigenvalue weighted by Gasteiger charge is 2.26. The fraction of sp³-hybridized carbons (Fsp3) is 0.174. The summed E-state index contributed by atoms with van der Waals surface area (Å²) in [6.07, 6.45) is 0.214. The van der Waals surface area contributed by atoms with E-state index in [1.807, 2.05) is 42.5 Å². The van der Waals surface area contributed by atoms with E-state index in [2.05, 4.69) is 32.6 Å². The number of nitrogens with one attached hydrogen (secondary N) is 2. The molecular weight excluding hydrogens is 527 g/mol. The van der Waals surface area contributed by atoms with E-state index >= 15 is 0 Å². The molecule has 3 aromatic rings. The quantitative estimate of drug-likeness (QED) is 0.413. The maximum atomic E-state index is 13.1. The average Bonchev–Trinajstić information content (AvgIpc) is 2.75. The first-order chi connectivity index (χ1) is 14.8. The molecule has 1 atom stereocenters. The Kier molecular flexibility index (Phi) is 7.69. The topological polar surface area (TPSA) is 84.5 Å². The summed E-state index contributed by atoms with van der Waals surface area (Å²) < 4.78 is 34.9. The van der Waals surface area contributed by atoms with Crippen LogP contribution in [0.15, 0.2) is 77.7 Å². The molecule has 1 amide bonds. The molecule has 3 rings (SSSR count). The molecule has 0 aliphatic heterocycles. The Morgan fingerprint density at radius 2 is 1.71 bits per heavy atom. The molecule has 8 heteroatoms. The Morgan fingerprint density at radius 3 is 2.32 bits per heavy atom. The van der Waals surface area contributed by atoms with Gasteiger partial charge in [0.25, 0.3) is 0 Å². The van der Waals surface area contributed by atoms with Gasteiger partial charge in [-0.15, -0.1) is 0 Å². The highest BCUT2D eigenvalue weighted by molar-refractivity contribution is 14.1. The first-order valence-electron chi connectivity index (χ1n) is 9.56. The van der Waals surface area contributed by atoms with Gasteiger partial charge in [0.05, 0.1) is 12.0 Å². The largest absolute Gasteiger partial charge is 0.496 e. The Labute approximate surface area is 196 Å². The summed E-state index contributed by atoms with van der Waals surface area (Å²) in [6, 6.07) is 20.2. The van der Waals surface area contributed by atoms with Crippen molar-refractivity contribution in [2.75, 3.05) is 12.4 Å². The molecular formula is C23H23IN2O4S. The average molecular weight is 550 g/mol. The molecule has 0 spiro atoms. The Bertz CT molecular complexity index is 1150. The molecule has 2 N–H and O–H groups in total. The van der Waals surface area contributed by atoms with Crippen molar-refractivity contribution in [2.45, 2.75) is 24.3 Å². The number of ether oxygens (including phenoxy) is 1. The Morgan fingerprint density at radius 1 is 1.03 bits per heavy atom. The molecule has 0 aromatic heterocycles. The van der Waals surface area contributed by atoms with Gasteiger partial charge in [-0.1, -0.05) is 30.3 Å². The molecule has 0 bridgehead atoms. The Balaban J connectivity index is 1.87. The van der Waals surface area contributed by atoms with Crippen molar-refractivity contribution < 1.29 is 17.9 Å². The SMILES string of the molecule is COc1ccc(S(=O)(=O)NC(Cc2ccccc2)C(=O)Nc2ccc(I)cc2)cc1C. The Hall–Kier alpha value is -2.43. The van der Waals surface area contributed by atoms with Crippen LogP contribution in [0.4, 0.5) is 5.69 Å². The van der Waals surface area contributed by atoms with Crippen LogP contribution in [-0.2, 0) is 21.2 Å². The monoisotopic (exact) mass is 550 g/mol. The third-order valence-electron chi connectivity index (χ3n) is 4.68. The minimum atomic E-state index is -3.94.